The maximum absolute atomic E-state index is 11.6. The molecule has 0 aliphatic heterocycles. The van der Waals surface area contributed by atoms with Gasteiger partial charge in [0.1, 0.15) is 12.2 Å². The van der Waals surface area contributed by atoms with Gasteiger partial charge in [0.25, 0.3) is 10.0 Å². The third kappa shape index (κ3) is 2.44. The molecule has 0 amide bonds. The van der Waals surface area contributed by atoms with E-state index in [4.69, 9.17) is 0 Å². The minimum atomic E-state index is -3.50. The molecule has 0 unspecified atom stereocenters. The Balaban J connectivity index is 1.91. The van der Waals surface area contributed by atoms with E-state index in [1.165, 1.54) is 18.6 Å². The Morgan fingerprint density at radius 1 is 1.31 bits per heavy atom. The van der Waals surface area contributed by atoms with Crippen LogP contribution in [0.2, 0.25) is 0 Å². The molecule has 3 N–H and O–H groups in total. The third-order valence-corrected chi connectivity index (χ3v) is 3.27. The molecule has 2 aromatic rings. The van der Waals surface area contributed by atoms with Gasteiger partial charge in [-0.05, 0) is 6.07 Å². The SMILES string of the molecule is O=S(=O)(NCCc1ncn[nH]1)c1ccn[nH]1. The molecule has 8 nitrogen and oxygen atoms in total. The average Bonchev–Trinajstić information content (AvgIpc) is 2.90. The number of nitrogens with one attached hydrogen (secondary N) is 3. The van der Waals surface area contributed by atoms with E-state index in [1.54, 1.807) is 0 Å². The third-order valence-electron chi connectivity index (χ3n) is 1.88. The summed E-state index contributed by atoms with van der Waals surface area (Å²) in [5.41, 5.74) is 0. The Hall–Kier alpha value is -1.74. The number of hydrogen-bond donors (Lipinski definition) is 3. The highest BCUT2D eigenvalue weighted by molar-refractivity contribution is 7.89. The molecule has 9 heteroatoms. The molecule has 0 saturated carbocycles. The number of sulfonamides is 1. The van der Waals surface area contributed by atoms with Gasteiger partial charge in [-0.15, -0.1) is 0 Å². The minimum Gasteiger partial charge on any atom is -0.266 e. The molecule has 0 spiro atoms. The Labute approximate surface area is 91.5 Å². The normalized spacial score (nSPS) is 11.8. The van der Waals surface area contributed by atoms with E-state index in [0.717, 1.165) is 0 Å². The van der Waals surface area contributed by atoms with E-state index >= 15 is 0 Å². The average molecular weight is 242 g/mol. The largest absolute Gasteiger partial charge is 0.266 e. The van der Waals surface area contributed by atoms with Crippen molar-refractivity contribution in [1.82, 2.24) is 30.1 Å². The first-order valence-corrected chi connectivity index (χ1v) is 6.00. The molecular formula is C7H10N6O2S. The van der Waals surface area contributed by atoms with Gasteiger partial charge in [0.2, 0.25) is 0 Å². The Morgan fingerprint density at radius 3 is 2.81 bits per heavy atom. The monoisotopic (exact) mass is 242 g/mol. The molecule has 0 fully saturated rings. The molecule has 0 bridgehead atoms. The molecule has 2 aromatic heterocycles. The van der Waals surface area contributed by atoms with Crippen molar-refractivity contribution in [1.29, 1.82) is 0 Å². The predicted molar refractivity (Wildman–Crippen MR) is 53.9 cm³/mol. The number of hydrogen-bond acceptors (Lipinski definition) is 5. The fraction of sp³-hybridized carbons (Fsp3) is 0.286. The zero-order chi connectivity index (χ0) is 11.4. The summed E-state index contributed by atoms with van der Waals surface area (Å²) in [5.74, 6) is 0.632. The molecule has 0 aliphatic carbocycles. The summed E-state index contributed by atoms with van der Waals surface area (Å²) in [6.45, 7) is 0.247. The maximum atomic E-state index is 11.6. The second-order valence-electron chi connectivity index (χ2n) is 3.00. The second-order valence-corrected chi connectivity index (χ2v) is 4.74. The summed E-state index contributed by atoms with van der Waals surface area (Å²) in [5, 5.41) is 12.3. The molecule has 86 valence electrons. The number of nitrogens with zero attached hydrogens (tertiary/aromatic N) is 3. The van der Waals surface area contributed by atoms with Crippen LogP contribution in [0.25, 0.3) is 0 Å². The summed E-state index contributed by atoms with van der Waals surface area (Å²) in [4.78, 5) is 3.88. The van der Waals surface area contributed by atoms with Crippen LogP contribution in [0.5, 0.6) is 0 Å². The van der Waals surface area contributed by atoms with E-state index in [2.05, 4.69) is 30.1 Å². The van der Waals surface area contributed by atoms with Crippen molar-refractivity contribution in [3.63, 3.8) is 0 Å². The van der Waals surface area contributed by atoms with E-state index in [1.807, 2.05) is 0 Å². The van der Waals surface area contributed by atoms with Gasteiger partial charge in [-0.2, -0.15) is 10.2 Å². The fourth-order valence-corrected chi connectivity index (χ4v) is 2.06. The first-order chi connectivity index (χ1) is 7.68. The number of H-pyrrole nitrogens is 2. The lowest BCUT2D eigenvalue weighted by molar-refractivity contribution is 0.576. The number of rotatable bonds is 5. The maximum Gasteiger partial charge on any atom is 0.257 e. The molecule has 0 saturated heterocycles. The van der Waals surface area contributed by atoms with Gasteiger partial charge in [0.05, 0.1) is 6.20 Å². The first-order valence-electron chi connectivity index (χ1n) is 4.52. The van der Waals surface area contributed by atoms with Crippen molar-refractivity contribution in [3.8, 4) is 0 Å². The Bertz CT molecular complexity index is 517. The molecule has 0 atom stereocenters. The van der Waals surface area contributed by atoms with Crippen LogP contribution in [-0.4, -0.2) is 40.3 Å². The molecule has 2 rings (SSSR count). The van der Waals surface area contributed by atoms with Gasteiger partial charge in [-0.3, -0.25) is 10.2 Å². The Morgan fingerprint density at radius 2 is 2.19 bits per heavy atom. The fourth-order valence-electron chi connectivity index (χ4n) is 1.13. The molecule has 0 radical (unpaired) electrons. The van der Waals surface area contributed by atoms with Gasteiger partial charge in [0.15, 0.2) is 5.03 Å². The molecule has 0 aliphatic rings. The highest BCUT2D eigenvalue weighted by Crippen LogP contribution is 2.01. The van der Waals surface area contributed by atoms with Crippen LogP contribution >= 0.6 is 0 Å². The van der Waals surface area contributed by atoms with Crippen LogP contribution in [0.15, 0.2) is 23.6 Å². The van der Waals surface area contributed by atoms with Crippen molar-refractivity contribution < 1.29 is 8.42 Å². The van der Waals surface area contributed by atoms with Crippen molar-refractivity contribution in [3.05, 3.63) is 24.4 Å². The lowest BCUT2D eigenvalue weighted by Crippen LogP contribution is -2.26. The lowest BCUT2D eigenvalue weighted by Gasteiger charge is -2.02. The molecule has 0 aromatic carbocycles. The molecule has 16 heavy (non-hydrogen) atoms. The van der Waals surface area contributed by atoms with Crippen molar-refractivity contribution in [2.45, 2.75) is 11.4 Å². The summed E-state index contributed by atoms with van der Waals surface area (Å²) < 4.78 is 25.6. The molecule has 2 heterocycles. The highest BCUT2D eigenvalue weighted by atomic mass is 32.2. The summed E-state index contributed by atoms with van der Waals surface area (Å²) in [6.07, 6.45) is 3.21. The zero-order valence-corrected chi connectivity index (χ0v) is 9.03. The second kappa shape index (κ2) is 4.41. The van der Waals surface area contributed by atoms with Crippen LogP contribution in [-0.2, 0) is 16.4 Å². The lowest BCUT2D eigenvalue weighted by atomic mass is 10.4. The van der Waals surface area contributed by atoms with Crippen LogP contribution in [0.1, 0.15) is 5.82 Å². The first kappa shape index (κ1) is 10.8. The van der Waals surface area contributed by atoms with Crippen molar-refractivity contribution >= 4 is 10.0 Å². The van der Waals surface area contributed by atoms with Crippen LogP contribution in [0.4, 0.5) is 0 Å². The predicted octanol–water partition coefficient (Wildman–Crippen LogP) is -0.951. The smallest absolute Gasteiger partial charge is 0.257 e. The van der Waals surface area contributed by atoms with E-state index < -0.39 is 10.0 Å². The van der Waals surface area contributed by atoms with Crippen molar-refractivity contribution in [2.24, 2.45) is 0 Å². The highest BCUT2D eigenvalue weighted by Gasteiger charge is 2.14. The van der Waals surface area contributed by atoms with E-state index in [-0.39, 0.29) is 11.6 Å². The topological polar surface area (TPSA) is 116 Å². The van der Waals surface area contributed by atoms with Crippen LogP contribution in [0, 0.1) is 0 Å². The summed E-state index contributed by atoms with van der Waals surface area (Å²) in [7, 11) is -3.50. The zero-order valence-electron chi connectivity index (χ0n) is 8.21. The van der Waals surface area contributed by atoms with E-state index in [0.29, 0.717) is 12.2 Å². The van der Waals surface area contributed by atoms with Gasteiger partial charge >= 0.3 is 0 Å². The van der Waals surface area contributed by atoms with E-state index in [9.17, 15) is 8.42 Å². The molecular weight excluding hydrogens is 232 g/mol. The Kier molecular flexibility index (Phi) is 2.97. The van der Waals surface area contributed by atoms with Crippen molar-refractivity contribution in [2.75, 3.05) is 6.54 Å². The number of aromatic nitrogens is 5. The standard InChI is InChI=1S/C7H10N6O2S/c14-16(15,7-2-3-9-13-7)11-4-1-6-8-5-10-12-6/h2-3,5,11H,1,4H2,(H,9,13)(H,8,10,12). The summed E-state index contributed by atoms with van der Waals surface area (Å²) >= 11 is 0. The van der Waals surface area contributed by atoms with Crippen LogP contribution in [0.3, 0.4) is 0 Å². The number of aromatic amines is 2. The van der Waals surface area contributed by atoms with Gasteiger partial charge in [-0.1, -0.05) is 0 Å². The minimum absolute atomic E-state index is 0.0464. The van der Waals surface area contributed by atoms with Gasteiger partial charge < -0.3 is 0 Å². The van der Waals surface area contributed by atoms with Crippen LogP contribution < -0.4 is 4.72 Å². The van der Waals surface area contributed by atoms with Gasteiger partial charge in [-0.25, -0.2) is 18.1 Å². The quantitative estimate of drug-likeness (QED) is 0.625. The van der Waals surface area contributed by atoms with Gasteiger partial charge in [0, 0.05) is 13.0 Å². The summed E-state index contributed by atoms with van der Waals surface area (Å²) in [6, 6.07) is 1.39.